The van der Waals surface area contributed by atoms with Gasteiger partial charge in [0.1, 0.15) is 5.75 Å². The van der Waals surface area contributed by atoms with Gasteiger partial charge in [-0.25, -0.2) is 0 Å². The highest BCUT2D eigenvalue weighted by atomic mass is 16.5. The molecule has 3 heteroatoms. The van der Waals surface area contributed by atoms with Gasteiger partial charge in [0.15, 0.2) is 0 Å². The molecule has 0 fully saturated rings. The van der Waals surface area contributed by atoms with Crippen LogP contribution in [0.5, 0.6) is 5.75 Å². The maximum absolute atomic E-state index is 5.38. The molecule has 1 aromatic heterocycles. The Labute approximate surface area is 166 Å². The molecule has 0 aliphatic carbocycles. The van der Waals surface area contributed by atoms with E-state index < -0.39 is 0 Å². The third-order valence-electron chi connectivity index (χ3n) is 4.94. The summed E-state index contributed by atoms with van der Waals surface area (Å²) in [6.45, 7) is 4.89. The largest absolute Gasteiger partial charge is 0.497 e. The molecular weight excluding hydrogens is 344 g/mol. The van der Waals surface area contributed by atoms with E-state index in [2.05, 4.69) is 85.3 Å². The van der Waals surface area contributed by atoms with Crippen molar-refractivity contribution in [2.75, 3.05) is 7.11 Å². The summed E-state index contributed by atoms with van der Waals surface area (Å²) in [4.78, 5) is 0. The van der Waals surface area contributed by atoms with Crippen LogP contribution in [0.2, 0.25) is 0 Å². The molecule has 0 spiro atoms. The van der Waals surface area contributed by atoms with Gasteiger partial charge in [0.2, 0.25) is 0 Å². The maximum Gasteiger partial charge on any atom is 0.119 e. The van der Waals surface area contributed by atoms with Crippen LogP contribution >= 0.6 is 0 Å². The summed E-state index contributed by atoms with van der Waals surface area (Å²) < 4.78 is 7.45. The number of nitrogens with zero attached hydrogens (tertiary/aromatic N) is 2. The highest BCUT2D eigenvalue weighted by Crippen LogP contribution is 2.28. The Balaban J connectivity index is 1.77. The van der Waals surface area contributed by atoms with E-state index in [9.17, 15) is 0 Å². The summed E-state index contributed by atoms with van der Waals surface area (Å²) in [7, 11) is 1.69. The molecule has 0 aliphatic rings. The fourth-order valence-electron chi connectivity index (χ4n) is 3.30. The average Bonchev–Trinajstić information content (AvgIpc) is 3.13. The van der Waals surface area contributed by atoms with Crippen LogP contribution in [-0.4, -0.2) is 16.9 Å². The Morgan fingerprint density at radius 1 is 0.786 bits per heavy atom. The molecule has 0 N–H and O–H groups in total. The van der Waals surface area contributed by atoms with E-state index in [0.717, 1.165) is 28.3 Å². The topological polar surface area (TPSA) is 27.1 Å². The Morgan fingerprint density at radius 2 is 1.43 bits per heavy atom. The molecule has 140 valence electrons. The Kier molecular flexibility index (Phi) is 4.98. The van der Waals surface area contributed by atoms with Crippen LogP contribution < -0.4 is 4.74 Å². The summed E-state index contributed by atoms with van der Waals surface area (Å²) in [6.07, 6.45) is 0. The fraction of sp³-hybridized carbons (Fsp3) is 0.160. The zero-order valence-corrected chi connectivity index (χ0v) is 16.5. The Morgan fingerprint density at radius 3 is 2.07 bits per heavy atom. The lowest BCUT2D eigenvalue weighted by Gasteiger charge is -2.09. The first-order valence-corrected chi connectivity index (χ1v) is 9.47. The molecule has 0 atom stereocenters. The number of aryl methyl sites for hydroxylation is 2. The average molecular weight is 368 g/mol. The normalized spacial score (nSPS) is 10.8. The van der Waals surface area contributed by atoms with E-state index in [1.165, 1.54) is 16.7 Å². The van der Waals surface area contributed by atoms with Gasteiger partial charge in [-0.2, -0.15) is 5.10 Å². The van der Waals surface area contributed by atoms with Crippen molar-refractivity contribution in [1.29, 1.82) is 0 Å². The number of aromatic nitrogens is 2. The minimum absolute atomic E-state index is 0.687. The molecule has 1 heterocycles. The van der Waals surface area contributed by atoms with Crippen LogP contribution in [-0.2, 0) is 6.54 Å². The smallest absolute Gasteiger partial charge is 0.119 e. The second-order valence-electron chi connectivity index (χ2n) is 7.16. The first kappa shape index (κ1) is 18.1. The molecule has 0 amide bonds. The third kappa shape index (κ3) is 3.84. The third-order valence-corrected chi connectivity index (χ3v) is 4.94. The summed E-state index contributed by atoms with van der Waals surface area (Å²) in [5.41, 5.74) is 8.05. The quantitative estimate of drug-likeness (QED) is 0.439. The lowest BCUT2D eigenvalue weighted by molar-refractivity contribution is 0.414. The van der Waals surface area contributed by atoms with E-state index in [1.54, 1.807) is 7.11 Å². The number of benzene rings is 3. The van der Waals surface area contributed by atoms with Crippen LogP contribution in [0.15, 0.2) is 78.9 Å². The number of hydrogen-bond acceptors (Lipinski definition) is 2. The minimum Gasteiger partial charge on any atom is -0.497 e. The first-order valence-electron chi connectivity index (χ1n) is 9.47. The predicted octanol–water partition coefficient (Wildman–Crippen LogP) is 5.89. The highest BCUT2D eigenvalue weighted by molar-refractivity contribution is 5.69. The van der Waals surface area contributed by atoms with E-state index in [4.69, 9.17) is 9.84 Å². The van der Waals surface area contributed by atoms with Crippen LogP contribution in [0, 0.1) is 13.8 Å². The SMILES string of the molecule is COc1cccc(Cn2nc(-c3ccc(C)cc3)cc2-c2ccc(C)cc2)c1. The summed E-state index contributed by atoms with van der Waals surface area (Å²) in [5.74, 6) is 0.861. The molecule has 3 nitrogen and oxygen atoms in total. The van der Waals surface area contributed by atoms with Gasteiger partial charge >= 0.3 is 0 Å². The van der Waals surface area contributed by atoms with Crippen molar-refractivity contribution in [1.82, 2.24) is 9.78 Å². The van der Waals surface area contributed by atoms with Gasteiger partial charge in [0.05, 0.1) is 25.0 Å². The van der Waals surface area contributed by atoms with Gasteiger partial charge < -0.3 is 4.74 Å². The zero-order chi connectivity index (χ0) is 19.5. The Bertz CT molecular complexity index is 1080. The minimum atomic E-state index is 0.687. The first-order chi connectivity index (χ1) is 13.6. The standard InChI is InChI=1S/C25H24N2O/c1-18-7-11-21(12-8-18)24-16-25(22-13-9-19(2)10-14-22)27(26-24)17-20-5-4-6-23(15-20)28-3/h4-16H,17H2,1-3H3. The van der Waals surface area contributed by atoms with Crippen molar-refractivity contribution in [3.8, 4) is 28.3 Å². The van der Waals surface area contributed by atoms with Gasteiger partial charge in [-0.15, -0.1) is 0 Å². The van der Waals surface area contributed by atoms with Crippen molar-refractivity contribution >= 4 is 0 Å². The van der Waals surface area contributed by atoms with Gasteiger partial charge in [0.25, 0.3) is 0 Å². The van der Waals surface area contributed by atoms with Gasteiger partial charge in [-0.05, 0) is 43.2 Å². The van der Waals surface area contributed by atoms with Crippen molar-refractivity contribution in [2.24, 2.45) is 0 Å². The van der Waals surface area contributed by atoms with Crippen LogP contribution in [0.1, 0.15) is 16.7 Å². The lowest BCUT2D eigenvalue weighted by atomic mass is 10.1. The van der Waals surface area contributed by atoms with Gasteiger partial charge in [-0.3, -0.25) is 4.68 Å². The van der Waals surface area contributed by atoms with Crippen LogP contribution in [0.3, 0.4) is 0 Å². The number of ether oxygens (including phenoxy) is 1. The molecule has 0 saturated carbocycles. The highest BCUT2D eigenvalue weighted by Gasteiger charge is 2.12. The fourth-order valence-corrected chi connectivity index (χ4v) is 3.30. The lowest BCUT2D eigenvalue weighted by Crippen LogP contribution is -2.04. The second-order valence-corrected chi connectivity index (χ2v) is 7.16. The number of hydrogen-bond donors (Lipinski definition) is 0. The molecule has 0 unspecified atom stereocenters. The zero-order valence-electron chi connectivity index (χ0n) is 16.5. The van der Waals surface area contributed by atoms with Gasteiger partial charge in [-0.1, -0.05) is 71.8 Å². The van der Waals surface area contributed by atoms with E-state index in [-0.39, 0.29) is 0 Å². The molecule has 0 bridgehead atoms. The molecular formula is C25H24N2O. The monoisotopic (exact) mass is 368 g/mol. The molecule has 3 aromatic carbocycles. The van der Waals surface area contributed by atoms with Crippen molar-refractivity contribution in [2.45, 2.75) is 20.4 Å². The summed E-state index contributed by atoms with van der Waals surface area (Å²) in [6, 6.07) is 27.4. The van der Waals surface area contributed by atoms with Crippen LogP contribution in [0.4, 0.5) is 0 Å². The number of rotatable bonds is 5. The van der Waals surface area contributed by atoms with E-state index >= 15 is 0 Å². The molecule has 28 heavy (non-hydrogen) atoms. The number of methoxy groups -OCH3 is 1. The van der Waals surface area contributed by atoms with Crippen LogP contribution in [0.25, 0.3) is 22.5 Å². The second kappa shape index (κ2) is 7.73. The van der Waals surface area contributed by atoms with E-state index in [0.29, 0.717) is 6.54 Å². The predicted molar refractivity (Wildman–Crippen MR) is 115 cm³/mol. The summed E-state index contributed by atoms with van der Waals surface area (Å²) in [5, 5.41) is 4.94. The van der Waals surface area contributed by atoms with Gasteiger partial charge in [0, 0.05) is 5.56 Å². The molecule has 0 saturated heterocycles. The Hall–Kier alpha value is -3.33. The maximum atomic E-state index is 5.38. The molecule has 4 rings (SSSR count). The summed E-state index contributed by atoms with van der Waals surface area (Å²) >= 11 is 0. The molecule has 0 radical (unpaired) electrons. The van der Waals surface area contributed by atoms with Crippen molar-refractivity contribution in [3.63, 3.8) is 0 Å². The molecule has 4 aromatic rings. The van der Waals surface area contributed by atoms with Crippen molar-refractivity contribution < 1.29 is 4.74 Å². The molecule has 0 aliphatic heterocycles. The van der Waals surface area contributed by atoms with Crippen molar-refractivity contribution in [3.05, 3.63) is 95.6 Å². The van der Waals surface area contributed by atoms with E-state index in [1.807, 2.05) is 12.1 Å².